The zero-order valence-electron chi connectivity index (χ0n) is 12.9. The lowest BCUT2D eigenvalue weighted by Gasteiger charge is -2.34. The molecule has 2 fully saturated rings. The lowest BCUT2D eigenvalue weighted by atomic mass is 10.0. The second-order valence-corrected chi connectivity index (χ2v) is 6.33. The highest BCUT2D eigenvalue weighted by molar-refractivity contribution is 5.58. The van der Waals surface area contributed by atoms with Crippen molar-refractivity contribution in [2.45, 2.75) is 45.6 Å². The number of hydrogen-bond acceptors (Lipinski definition) is 4. The molecule has 0 radical (unpaired) electrons. The van der Waals surface area contributed by atoms with Crippen molar-refractivity contribution in [3.63, 3.8) is 0 Å². The predicted octanol–water partition coefficient (Wildman–Crippen LogP) is 2.37. The maximum absolute atomic E-state index is 4.89. The van der Waals surface area contributed by atoms with Gasteiger partial charge in [0.2, 0.25) is 0 Å². The van der Waals surface area contributed by atoms with Crippen molar-refractivity contribution in [1.82, 2.24) is 19.9 Å². The minimum atomic E-state index is 0.394. The Morgan fingerprint density at radius 3 is 2.71 bits per heavy atom. The molecule has 0 aromatic carbocycles. The summed E-state index contributed by atoms with van der Waals surface area (Å²) in [6.45, 7) is 7.63. The molecule has 21 heavy (non-hydrogen) atoms. The van der Waals surface area contributed by atoms with Gasteiger partial charge in [0, 0.05) is 30.4 Å². The van der Waals surface area contributed by atoms with E-state index in [9.17, 15) is 0 Å². The third kappa shape index (κ3) is 2.11. The van der Waals surface area contributed by atoms with E-state index in [0.29, 0.717) is 6.04 Å². The first-order valence-corrected chi connectivity index (χ1v) is 8.09. The van der Waals surface area contributed by atoms with Crippen LogP contribution in [0.1, 0.15) is 48.7 Å². The van der Waals surface area contributed by atoms with E-state index in [2.05, 4.69) is 34.6 Å². The van der Waals surface area contributed by atoms with E-state index in [-0.39, 0.29) is 0 Å². The molecule has 0 bridgehead atoms. The van der Waals surface area contributed by atoms with E-state index in [4.69, 9.17) is 10.1 Å². The highest BCUT2D eigenvalue weighted by atomic mass is 15.4. The molecule has 112 valence electrons. The fraction of sp³-hybridized carbons (Fsp3) is 0.625. The third-order valence-electron chi connectivity index (χ3n) is 4.89. The molecule has 4 heterocycles. The molecule has 0 amide bonds. The van der Waals surface area contributed by atoms with Crippen molar-refractivity contribution in [3.05, 3.63) is 23.0 Å². The SMILES string of the molecule is Cc1nc2cc([C@@H]3CCCCN3)nn2c(N2CCC2)c1C. The number of aryl methyl sites for hydroxylation is 1. The smallest absolute Gasteiger partial charge is 0.157 e. The van der Waals surface area contributed by atoms with Crippen LogP contribution in [0.25, 0.3) is 5.65 Å². The second kappa shape index (κ2) is 4.98. The van der Waals surface area contributed by atoms with Crippen molar-refractivity contribution in [2.75, 3.05) is 24.5 Å². The molecule has 0 spiro atoms. The highest BCUT2D eigenvalue weighted by Gasteiger charge is 2.24. The van der Waals surface area contributed by atoms with Crippen LogP contribution in [0.15, 0.2) is 6.07 Å². The first-order chi connectivity index (χ1) is 10.2. The number of hydrogen-bond donors (Lipinski definition) is 1. The van der Waals surface area contributed by atoms with E-state index in [1.165, 1.54) is 37.1 Å². The molecule has 2 aromatic heterocycles. The minimum Gasteiger partial charge on any atom is -0.356 e. The van der Waals surface area contributed by atoms with E-state index in [1.54, 1.807) is 0 Å². The first-order valence-electron chi connectivity index (χ1n) is 8.09. The van der Waals surface area contributed by atoms with Crippen molar-refractivity contribution in [2.24, 2.45) is 0 Å². The summed E-state index contributed by atoms with van der Waals surface area (Å²) >= 11 is 0. The topological polar surface area (TPSA) is 45.5 Å². The molecule has 2 aliphatic heterocycles. The molecular formula is C16H23N5. The van der Waals surface area contributed by atoms with Gasteiger partial charge in [0.1, 0.15) is 5.82 Å². The lowest BCUT2D eigenvalue weighted by molar-refractivity contribution is 0.404. The standard InChI is InChI=1S/C16H23N5/c1-11-12(2)18-15-10-14(13-6-3-4-7-17-13)19-21(15)16(11)20-8-5-9-20/h10,13,17H,3-9H2,1-2H3/t13-/m0/s1. The molecule has 2 aromatic rings. The van der Waals surface area contributed by atoms with Crippen LogP contribution in [0.4, 0.5) is 5.82 Å². The average molecular weight is 285 g/mol. The third-order valence-corrected chi connectivity index (χ3v) is 4.89. The van der Waals surface area contributed by atoms with Crippen molar-refractivity contribution in [1.29, 1.82) is 0 Å². The van der Waals surface area contributed by atoms with Gasteiger partial charge in [0.15, 0.2) is 5.65 Å². The van der Waals surface area contributed by atoms with Crippen LogP contribution < -0.4 is 10.2 Å². The van der Waals surface area contributed by atoms with Gasteiger partial charge in [-0.05, 0) is 39.7 Å². The molecule has 1 atom stereocenters. The average Bonchev–Trinajstić information content (AvgIpc) is 2.86. The number of nitrogens with zero attached hydrogens (tertiary/aromatic N) is 4. The summed E-state index contributed by atoms with van der Waals surface area (Å²) in [6, 6.07) is 2.56. The summed E-state index contributed by atoms with van der Waals surface area (Å²) in [5.41, 5.74) is 4.51. The van der Waals surface area contributed by atoms with Gasteiger partial charge in [-0.15, -0.1) is 0 Å². The summed E-state index contributed by atoms with van der Waals surface area (Å²) in [6.07, 6.45) is 5.02. The molecular weight excluding hydrogens is 262 g/mol. The van der Waals surface area contributed by atoms with Crippen LogP contribution in [0.2, 0.25) is 0 Å². The van der Waals surface area contributed by atoms with E-state index in [1.807, 2.05) is 0 Å². The molecule has 5 heteroatoms. The number of fused-ring (bicyclic) bond motifs is 1. The number of anilines is 1. The van der Waals surface area contributed by atoms with Gasteiger partial charge >= 0.3 is 0 Å². The van der Waals surface area contributed by atoms with Crippen LogP contribution in [-0.4, -0.2) is 34.2 Å². The predicted molar refractivity (Wildman–Crippen MR) is 83.9 cm³/mol. The van der Waals surface area contributed by atoms with Crippen LogP contribution in [0, 0.1) is 13.8 Å². The van der Waals surface area contributed by atoms with Crippen LogP contribution in [-0.2, 0) is 0 Å². The minimum absolute atomic E-state index is 0.394. The Balaban J connectivity index is 1.82. The maximum atomic E-state index is 4.89. The van der Waals surface area contributed by atoms with Gasteiger partial charge in [-0.1, -0.05) is 6.42 Å². The first kappa shape index (κ1) is 13.1. The zero-order valence-corrected chi connectivity index (χ0v) is 12.9. The normalized spacial score (nSPS) is 22.6. The lowest BCUT2D eigenvalue weighted by Crippen LogP contribution is -2.39. The largest absolute Gasteiger partial charge is 0.356 e. The van der Waals surface area contributed by atoms with Crippen molar-refractivity contribution in [3.8, 4) is 0 Å². The molecule has 5 nitrogen and oxygen atoms in total. The highest BCUT2D eigenvalue weighted by Crippen LogP contribution is 2.29. The second-order valence-electron chi connectivity index (χ2n) is 6.33. The molecule has 0 aliphatic carbocycles. The Labute approximate surface area is 125 Å². The summed E-state index contributed by atoms with van der Waals surface area (Å²) in [5, 5.41) is 8.48. The van der Waals surface area contributed by atoms with E-state index >= 15 is 0 Å². The Kier molecular flexibility index (Phi) is 3.10. The van der Waals surface area contributed by atoms with Gasteiger partial charge in [-0.2, -0.15) is 9.61 Å². The van der Waals surface area contributed by atoms with Gasteiger partial charge in [-0.25, -0.2) is 4.98 Å². The van der Waals surface area contributed by atoms with Gasteiger partial charge in [0.25, 0.3) is 0 Å². The summed E-state index contributed by atoms with van der Waals surface area (Å²) in [4.78, 5) is 7.16. The van der Waals surface area contributed by atoms with E-state index < -0.39 is 0 Å². The summed E-state index contributed by atoms with van der Waals surface area (Å²) in [7, 11) is 0. The van der Waals surface area contributed by atoms with Gasteiger partial charge < -0.3 is 10.2 Å². The maximum Gasteiger partial charge on any atom is 0.157 e. The van der Waals surface area contributed by atoms with Crippen LogP contribution in [0.3, 0.4) is 0 Å². The molecule has 4 rings (SSSR count). The number of nitrogens with one attached hydrogen (secondary N) is 1. The zero-order chi connectivity index (χ0) is 14.4. The molecule has 0 saturated carbocycles. The monoisotopic (exact) mass is 285 g/mol. The van der Waals surface area contributed by atoms with Gasteiger partial charge in [0.05, 0.1) is 11.7 Å². The summed E-state index contributed by atoms with van der Waals surface area (Å²) < 4.78 is 2.06. The number of aromatic nitrogens is 3. The fourth-order valence-corrected chi connectivity index (χ4v) is 3.37. The van der Waals surface area contributed by atoms with Crippen molar-refractivity contribution >= 4 is 11.5 Å². The molecule has 0 unspecified atom stereocenters. The molecule has 2 saturated heterocycles. The molecule has 2 aliphatic rings. The number of rotatable bonds is 2. The van der Waals surface area contributed by atoms with E-state index in [0.717, 1.165) is 36.7 Å². The fourth-order valence-electron chi connectivity index (χ4n) is 3.37. The Morgan fingerprint density at radius 1 is 1.19 bits per heavy atom. The van der Waals surface area contributed by atoms with Crippen molar-refractivity contribution < 1.29 is 0 Å². The Bertz CT molecular complexity index is 665. The van der Waals surface area contributed by atoms with Gasteiger partial charge in [-0.3, -0.25) is 0 Å². The molecule has 1 N–H and O–H groups in total. The van der Waals surface area contributed by atoms with Crippen LogP contribution >= 0.6 is 0 Å². The number of piperidine rings is 1. The Morgan fingerprint density at radius 2 is 2.05 bits per heavy atom. The quantitative estimate of drug-likeness (QED) is 0.920. The summed E-state index contributed by atoms with van der Waals surface area (Å²) in [5.74, 6) is 1.24. The van der Waals surface area contributed by atoms with Crippen LogP contribution in [0.5, 0.6) is 0 Å². The Hall–Kier alpha value is -1.62.